The number of nitrogens with two attached hydrogens (primary N) is 2. The van der Waals surface area contributed by atoms with Crippen molar-refractivity contribution in [3.8, 4) is 0 Å². The van der Waals surface area contributed by atoms with E-state index >= 15 is 0 Å². The van der Waals surface area contributed by atoms with Crippen LogP contribution in [0.3, 0.4) is 0 Å². The zero-order valence-corrected chi connectivity index (χ0v) is 6.45. The molecule has 0 aliphatic carbocycles. The van der Waals surface area contributed by atoms with Crippen LogP contribution in [0, 0.1) is 0 Å². The van der Waals surface area contributed by atoms with Gasteiger partial charge in [0.05, 0.1) is 0 Å². The first-order valence-corrected chi connectivity index (χ1v) is 3.43. The molecule has 5 N–H and O–H groups in total. The maximum Gasteiger partial charge on any atom is 0.188 e. The van der Waals surface area contributed by atoms with Crippen LogP contribution in [-0.2, 0) is 0 Å². The van der Waals surface area contributed by atoms with E-state index in [0.717, 1.165) is 0 Å². The van der Waals surface area contributed by atoms with Gasteiger partial charge in [-0.1, -0.05) is 0 Å². The molecule has 0 atom stereocenters. The third kappa shape index (κ3) is 1.73. The maximum atomic E-state index is 11.0. The number of hydrogen-bond acceptors (Lipinski definition) is 4. The van der Waals surface area contributed by atoms with Crippen molar-refractivity contribution in [3.05, 3.63) is 23.8 Å². The molecule has 0 aliphatic rings. The number of carbonyl (C=O) groups is 1. The van der Waals surface area contributed by atoms with E-state index in [1.165, 1.54) is 12.1 Å². The van der Waals surface area contributed by atoms with Crippen LogP contribution in [0.4, 0.5) is 11.4 Å². The number of ketones is 1. The number of benzene rings is 1. The van der Waals surface area contributed by atoms with E-state index in [9.17, 15) is 4.79 Å². The molecule has 0 spiro atoms. The van der Waals surface area contributed by atoms with E-state index in [2.05, 4.69) is 0 Å². The molecule has 0 fully saturated rings. The number of anilines is 2. The lowest BCUT2D eigenvalue weighted by molar-refractivity contribution is 0.0904. The molecule has 0 unspecified atom stereocenters. The van der Waals surface area contributed by atoms with Gasteiger partial charge in [0.2, 0.25) is 0 Å². The Morgan fingerprint density at radius 3 is 2.17 bits per heavy atom. The molecule has 0 aromatic heterocycles. The first-order chi connectivity index (χ1) is 5.63. The highest BCUT2D eigenvalue weighted by Gasteiger charge is 2.04. The number of hydrogen-bond donors (Lipinski definition) is 3. The SMILES string of the molecule is Nc1cc(N)cc(C(=O)CO)c1. The highest BCUT2D eigenvalue weighted by molar-refractivity contribution is 5.98. The van der Waals surface area contributed by atoms with Gasteiger partial charge in [0.15, 0.2) is 5.78 Å². The summed E-state index contributed by atoms with van der Waals surface area (Å²) in [5, 5.41) is 8.54. The second-order valence-corrected chi connectivity index (χ2v) is 2.47. The van der Waals surface area contributed by atoms with Crippen molar-refractivity contribution in [3.63, 3.8) is 0 Å². The van der Waals surface area contributed by atoms with Gasteiger partial charge in [0, 0.05) is 16.9 Å². The number of aliphatic hydroxyl groups is 1. The Morgan fingerprint density at radius 2 is 1.75 bits per heavy atom. The summed E-state index contributed by atoms with van der Waals surface area (Å²) in [6.07, 6.45) is 0. The third-order valence-electron chi connectivity index (χ3n) is 1.44. The minimum atomic E-state index is -0.525. The van der Waals surface area contributed by atoms with E-state index in [0.29, 0.717) is 16.9 Å². The molecule has 1 aromatic carbocycles. The van der Waals surface area contributed by atoms with Gasteiger partial charge in [-0.05, 0) is 18.2 Å². The lowest BCUT2D eigenvalue weighted by Crippen LogP contribution is -2.05. The smallest absolute Gasteiger partial charge is 0.188 e. The standard InChI is InChI=1S/C8H10N2O2/c9-6-1-5(8(12)4-11)2-7(10)3-6/h1-3,11H,4,9-10H2. The van der Waals surface area contributed by atoms with E-state index in [4.69, 9.17) is 16.6 Å². The van der Waals surface area contributed by atoms with Crippen molar-refractivity contribution in [2.24, 2.45) is 0 Å². The summed E-state index contributed by atoms with van der Waals surface area (Å²) < 4.78 is 0. The lowest BCUT2D eigenvalue weighted by Gasteiger charge is -2.01. The third-order valence-corrected chi connectivity index (χ3v) is 1.44. The Kier molecular flexibility index (Phi) is 2.30. The quantitative estimate of drug-likeness (QED) is 0.427. The Bertz CT molecular complexity index is 290. The van der Waals surface area contributed by atoms with Crippen molar-refractivity contribution in [2.75, 3.05) is 18.1 Å². The second kappa shape index (κ2) is 3.23. The Balaban J connectivity index is 3.08. The summed E-state index contributed by atoms with van der Waals surface area (Å²) in [4.78, 5) is 11.0. The molecule has 0 aliphatic heterocycles. The molecule has 0 saturated carbocycles. The monoisotopic (exact) mass is 166 g/mol. The molecular weight excluding hydrogens is 156 g/mol. The zero-order valence-electron chi connectivity index (χ0n) is 6.45. The van der Waals surface area contributed by atoms with Crippen LogP contribution < -0.4 is 11.5 Å². The average molecular weight is 166 g/mol. The van der Waals surface area contributed by atoms with E-state index in [1.54, 1.807) is 6.07 Å². The molecule has 0 saturated heterocycles. The van der Waals surface area contributed by atoms with Crippen LogP contribution in [0.5, 0.6) is 0 Å². The second-order valence-electron chi connectivity index (χ2n) is 2.47. The fraction of sp³-hybridized carbons (Fsp3) is 0.125. The molecule has 12 heavy (non-hydrogen) atoms. The molecule has 4 heteroatoms. The molecule has 1 aromatic rings. The minimum absolute atomic E-state index is 0.343. The Morgan fingerprint density at radius 1 is 1.25 bits per heavy atom. The maximum absolute atomic E-state index is 11.0. The van der Waals surface area contributed by atoms with Gasteiger partial charge in [-0.15, -0.1) is 0 Å². The van der Waals surface area contributed by atoms with Gasteiger partial charge in [-0.25, -0.2) is 0 Å². The molecule has 0 radical (unpaired) electrons. The average Bonchev–Trinajstić information content (AvgIpc) is 2.01. The highest BCUT2D eigenvalue weighted by Crippen LogP contribution is 2.13. The van der Waals surface area contributed by atoms with Crippen molar-refractivity contribution in [1.29, 1.82) is 0 Å². The van der Waals surface area contributed by atoms with E-state index in [1.807, 2.05) is 0 Å². The fourth-order valence-electron chi connectivity index (χ4n) is 0.929. The molecule has 0 bridgehead atoms. The van der Waals surface area contributed by atoms with Gasteiger partial charge < -0.3 is 16.6 Å². The molecule has 1 rings (SSSR count). The van der Waals surface area contributed by atoms with Crippen LogP contribution in [-0.4, -0.2) is 17.5 Å². The van der Waals surface area contributed by atoms with Crippen LogP contribution in [0.1, 0.15) is 10.4 Å². The van der Waals surface area contributed by atoms with Gasteiger partial charge in [0.1, 0.15) is 6.61 Å². The molecule has 0 amide bonds. The lowest BCUT2D eigenvalue weighted by atomic mass is 10.1. The van der Waals surface area contributed by atoms with Crippen molar-refractivity contribution >= 4 is 17.2 Å². The van der Waals surface area contributed by atoms with Gasteiger partial charge in [-0.2, -0.15) is 0 Å². The normalized spacial score (nSPS) is 9.75. The van der Waals surface area contributed by atoms with Crippen molar-refractivity contribution < 1.29 is 9.90 Å². The number of rotatable bonds is 2. The van der Waals surface area contributed by atoms with Gasteiger partial charge in [0.25, 0.3) is 0 Å². The van der Waals surface area contributed by atoms with Crippen LogP contribution >= 0.6 is 0 Å². The summed E-state index contributed by atoms with van der Waals surface area (Å²) in [7, 11) is 0. The van der Waals surface area contributed by atoms with Crippen LogP contribution in [0.15, 0.2) is 18.2 Å². The van der Waals surface area contributed by atoms with Crippen LogP contribution in [0.25, 0.3) is 0 Å². The summed E-state index contributed by atoms with van der Waals surface area (Å²) in [6.45, 7) is -0.525. The minimum Gasteiger partial charge on any atom is -0.399 e. The molecule has 0 heterocycles. The number of Topliss-reactive ketones (excluding diaryl/α,β-unsaturated/α-hetero) is 1. The van der Waals surface area contributed by atoms with Gasteiger partial charge in [-0.3, -0.25) is 4.79 Å². The van der Waals surface area contributed by atoms with Crippen molar-refractivity contribution in [2.45, 2.75) is 0 Å². The van der Waals surface area contributed by atoms with E-state index in [-0.39, 0.29) is 5.78 Å². The Hall–Kier alpha value is -1.55. The largest absolute Gasteiger partial charge is 0.399 e. The summed E-state index contributed by atoms with van der Waals surface area (Å²) in [6, 6.07) is 4.51. The fourth-order valence-corrected chi connectivity index (χ4v) is 0.929. The van der Waals surface area contributed by atoms with Crippen molar-refractivity contribution in [1.82, 2.24) is 0 Å². The summed E-state index contributed by atoms with van der Waals surface area (Å²) in [5.41, 5.74) is 12.1. The first kappa shape index (κ1) is 8.55. The topological polar surface area (TPSA) is 89.3 Å². The summed E-state index contributed by atoms with van der Waals surface area (Å²) in [5.74, 6) is -0.381. The predicted octanol–water partition coefficient (Wildman–Crippen LogP) is 0.0260. The summed E-state index contributed by atoms with van der Waals surface area (Å²) >= 11 is 0. The zero-order chi connectivity index (χ0) is 9.14. The predicted molar refractivity (Wildman–Crippen MR) is 46.7 cm³/mol. The number of nitrogen functional groups attached to an aromatic ring is 2. The molecule has 64 valence electrons. The molecular formula is C8H10N2O2. The first-order valence-electron chi connectivity index (χ1n) is 3.43. The number of aliphatic hydroxyl groups excluding tert-OH is 1. The van der Waals surface area contributed by atoms with E-state index < -0.39 is 6.61 Å². The highest BCUT2D eigenvalue weighted by atomic mass is 16.3. The molecule has 4 nitrogen and oxygen atoms in total. The van der Waals surface area contributed by atoms with Gasteiger partial charge >= 0.3 is 0 Å². The Labute approximate surface area is 69.8 Å². The number of carbonyl (C=O) groups excluding carboxylic acids is 1. The van der Waals surface area contributed by atoms with Crippen LogP contribution in [0.2, 0.25) is 0 Å².